The third-order valence-electron chi connectivity index (χ3n) is 7.34. The molecule has 0 amide bonds. The Morgan fingerprint density at radius 2 is 0.620 bits per heavy atom. The Hall–Kier alpha value is -2.68. The van der Waals surface area contributed by atoms with Crippen LogP contribution in [0.2, 0.25) is 0 Å². The van der Waals surface area contributed by atoms with E-state index >= 15 is 0 Å². The fourth-order valence-electron chi connectivity index (χ4n) is 4.85. The summed E-state index contributed by atoms with van der Waals surface area (Å²) in [6, 6.07) is 16.1. The summed E-state index contributed by atoms with van der Waals surface area (Å²) in [6.07, 6.45) is 0. The lowest BCUT2D eigenvalue weighted by molar-refractivity contribution is 0.0505. The van der Waals surface area contributed by atoms with Gasteiger partial charge in [0.2, 0.25) is 0 Å². The van der Waals surface area contributed by atoms with Gasteiger partial charge in [-0.2, -0.15) is 0 Å². The highest BCUT2D eigenvalue weighted by molar-refractivity contribution is 5.59. The van der Waals surface area contributed by atoms with Gasteiger partial charge in [-0.3, -0.25) is 0 Å². The first-order valence-electron chi connectivity index (χ1n) is 18.3. The summed E-state index contributed by atoms with van der Waals surface area (Å²) in [5.74, 6) is 1.56. The van der Waals surface area contributed by atoms with Crippen molar-refractivity contribution in [2.24, 2.45) is 0 Å². The molecule has 0 aliphatic heterocycles. The second-order valence-electron chi connectivity index (χ2n) is 10.8. The number of benzene rings is 2. The highest BCUT2D eigenvalue weighted by Crippen LogP contribution is 2.30. The molecule has 0 heterocycles. The lowest BCUT2D eigenvalue weighted by atomic mass is 10.2. The van der Waals surface area contributed by atoms with Gasteiger partial charge in [0.1, 0.15) is 24.7 Å². The molecule has 12 nitrogen and oxygen atoms in total. The predicted molar refractivity (Wildman–Crippen MR) is 198 cm³/mol. The molecule has 0 aliphatic carbocycles. The lowest BCUT2D eigenvalue weighted by Crippen LogP contribution is -2.32. The van der Waals surface area contributed by atoms with Gasteiger partial charge >= 0.3 is 0 Å². The standard InChI is InChI=1S/C38H64N2O10/c1-5-41-25-29-45-21-17-39(18-22-46-30-26-42-6-2)35-13-9-11-15-37(35)49-33-34-50-38-16-12-10-14-36(38)40(19-23-47-31-27-43-7-3)20-24-48-32-28-44-8-4/h9-16H,5-8,17-34H2,1-4H3. The first-order chi connectivity index (χ1) is 24.7. The Morgan fingerprint density at radius 1 is 0.340 bits per heavy atom. The lowest BCUT2D eigenvalue weighted by Gasteiger charge is -2.27. The molecule has 2 aromatic carbocycles. The smallest absolute Gasteiger partial charge is 0.142 e. The maximum Gasteiger partial charge on any atom is 0.142 e. The van der Waals surface area contributed by atoms with Crippen molar-refractivity contribution < 1.29 is 47.4 Å². The van der Waals surface area contributed by atoms with E-state index in [-0.39, 0.29) is 0 Å². The van der Waals surface area contributed by atoms with Gasteiger partial charge in [-0.25, -0.2) is 0 Å². The fraction of sp³-hybridized carbons (Fsp3) is 0.684. The molecule has 0 spiro atoms. The Kier molecular flexibility index (Phi) is 27.0. The van der Waals surface area contributed by atoms with Crippen LogP contribution in [0.4, 0.5) is 11.4 Å². The van der Waals surface area contributed by atoms with Crippen molar-refractivity contribution in [3.8, 4) is 11.5 Å². The topological polar surface area (TPSA) is 98.8 Å². The van der Waals surface area contributed by atoms with E-state index in [0.29, 0.717) is 145 Å². The molecule has 0 unspecified atom stereocenters. The molecular weight excluding hydrogens is 644 g/mol. The summed E-state index contributed by atoms with van der Waals surface area (Å²) in [4.78, 5) is 4.47. The summed E-state index contributed by atoms with van der Waals surface area (Å²) in [5.41, 5.74) is 1.96. The number of para-hydroxylation sites is 4. The molecule has 0 fully saturated rings. The van der Waals surface area contributed by atoms with Gasteiger partial charge in [0, 0.05) is 52.6 Å². The van der Waals surface area contributed by atoms with Crippen molar-refractivity contribution in [2.45, 2.75) is 27.7 Å². The van der Waals surface area contributed by atoms with E-state index in [1.54, 1.807) is 0 Å². The minimum Gasteiger partial charge on any atom is -0.488 e. The zero-order valence-electron chi connectivity index (χ0n) is 31.2. The van der Waals surface area contributed by atoms with Gasteiger partial charge in [0.15, 0.2) is 0 Å². The largest absolute Gasteiger partial charge is 0.488 e. The molecule has 0 aromatic heterocycles. The van der Waals surface area contributed by atoms with Crippen molar-refractivity contribution in [3.63, 3.8) is 0 Å². The van der Waals surface area contributed by atoms with Crippen LogP contribution in [0.15, 0.2) is 48.5 Å². The molecule has 0 aliphatic rings. The summed E-state index contributed by atoms with van der Waals surface area (Å²) in [6.45, 7) is 21.0. The summed E-state index contributed by atoms with van der Waals surface area (Å²) in [5, 5.41) is 0. The van der Waals surface area contributed by atoms with E-state index in [9.17, 15) is 0 Å². The number of ether oxygens (including phenoxy) is 10. The van der Waals surface area contributed by atoms with Crippen molar-refractivity contribution in [1.29, 1.82) is 0 Å². The Labute approximate surface area is 301 Å². The summed E-state index contributed by atoms with van der Waals surface area (Å²) >= 11 is 0. The van der Waals surface area contributed by atoms with Crippen molar-refractivity contribution >= 4 is 11.4 Å². The number of rotatable bonds is 35. The molecule has 2 rings (SSSR count). The second kappa shape index (κ2) is 31.1. The van der Waals surface area contributed by atoms with E-state index in [2.05, 4.69) is 21.9 Å². The number of hydrogen-bond donors (Lipinski definition) is 0. The highest BCUT2D eigenvalue weighted by atomic mass is 16.5. The molecule has 286 valence electrons. The summed E-state index contributed by atoms with van der Waals surface area (Å²) < 4.78 is 57.6. The molecule has 0 saturated heterocycles. The monoisotopic (exact) mass is 708 g/mol. The van der Waals surface area contributed by atoms with E-state index in [4.69, 9.17) is 47.4 Å². The minimum atomic E-state index is 0.371. The Morgan fingerprint density at radius 3 is 0.920 bits per heavy atom. The number of nitrogens with zero attached hydrogens (tertiary/aromatic N) is 2. The number of anilines is 2. The van der Waals surface area contributed by atoms with Gasteiger partial charge < -0.3 is 57.2 Å². The Bertz CT molecular complexity index is 937. The zero-order valence-corrected chi connectivity index (χ0v) is 31.2. The number of hydrogen-bond acceptors (Lipinski definition) is 12. The average Bonchev–Trinajstić information content (AvgIpc) is 3.14. The van der Waals surface area contributed by atoms with Gasteiger partial charge in [-0.05, 0) is 52.0 Å². The van der Waals surface area contributed by atoms with E-state index in [1.807, 2.05) is 64.1 Å². The van der Waals surface area contributed by atoms with Crippen LogP contribution in [0, 0.1) is 0 Å². The normalized spacial score (nSPS) is 11.2. The van der Waals surface area contributed by atoms with Crippen LogP contribution in [0.1, 0.15) is 27.7 Å². The Balaban J connectivity index is 2.00. The van der Waals surface area contributed by atoms with Crippen LogP contribution < -0.4 is 19.3 Å². The van der Waals surface area contributed by atoms with Gasteiger partial charge in [0.25, 0.3) is 0 Å². The SMILES string of the molecule is CCOCCOCCN(CCOCCOCC)c1ccccc1OCCOc1ccccc1N(CCOCCOCC)CCOCCOCC. The van der Waals surface area contributed by atoms with Crippen LogP contribution in [0.5, 0.6) is 11.5 Å². The van der Waals surface area contributed by atoms with Crippen molar-refractivity contribution in [3.05, 3.63) is 48.5 Å². The van der Waals surface area contributed by atoms with Crippen LogP contribution >= 0.6 is 0 Å². The summed E-state index contributed by atoms with van der Waals surface area (Å²) in [7, 11) is 0. The maximum absolute atomic E-state index is 6.32. The van der Waals surface area contributed by atoms with Crippen LogP contribution in [-0.2, 0) is 37.9 Å². The molecular formula is C38H64N2O10. The zero-order chi connectivity index (χ0) is 35.7. The maximum atomic E-state index is 6.32. The molecule has 0 saturated carbocycles. The van der Waals surface area contributed by atoms with Crippen LogP contribution in [0.25, 0.3) is 0 Å². The fourth-order valence-corrected chi connectivity index (χ4v) is 4.85. The van der Waals surface area contributed by atoms with Crippen molar-refractivity contribution in [2.75, 3.05) is 155 Å². The first kappa shape index (κ1) is 43.5. The molecule has 0 bridgehead atoms. The molecule has 2 aromatic rings. The quantitative estimate of drug-likeness (QED) is 0.0905. The van der Waals surface area contributed by atoms with Gasteiger partial charge in [0.05, 0.1) is 90.7 Å². The van der Waals surface area contributed by atoms with Gasteiger partial charge in [-0.15, -0.1) is 0 Å². The van der Waals surface area contributed by atoms with E-state index in [0.717, 1.165) is 22.9 Å². The van der Waals surface area contributed by atoms with E-state index in [1.165, 1.54) is 0 Å². The van der Waals surface area contributed by atoms with E-state index < -0.39 is 0 Å². The molecule has 0 radical (unpaired) electrons. The highest BCUT2D eigenvalue weighted by Gasteiger charge is 2.15. The first-order valence-corrected chi connectivity index (χ1v) is 18.3. The molecule has 0 N–H and O–H groups in total. The van der Waals surface area contributed by atoms with Crippen LogP contribution in [-0.4, -0.2) is 145 Å². The molecule has 0 atom stereocenters. The van der Waals surface area contributed by atoms with Crippen molar-refractivity contribution in [1.82, 2.24) is 0 Å². The average molecular weight is 709 g/mol. The van der Waals surface area contributed by atoms with Gasteiger partial charge in [-0.1, -0.05) is 24.3 Å². The predicted octanol–water partition coefficient (Wildman–Crippen LogP) is 4.97. The second-order valence-corrected chi connectivity index (χ2v) is 10.8. The minimum absolute atomic E-state index is 0.371. The molecule has 12 heteroatoms. The molecule has 50 heavy (non-hydrogen) atoms. The van der Waals surface area contributed by atoms with Crippen LogP contribution in [0.3, 0.4) is 0 Å². The third kappa shape index (κ3) is 20.2. The third-order valence-corrected chi connectivity index (χ3v) is 7.34.